The minimum absolute atomic E-state index is 0.174. The molecule has 0 aliphatic carbocycles. The third kappa shape index (κ3) is 3.51. The zero-order valence-electron chi connectivity index (χ0n) is 12.7. The number of rotatable bonds is 4. The van der Waals surface area contributed by atoms with E-state index < -0.39 is 0 Å². The fourth-order valence-electron chi connectivity index (χ4n) is 3.36. The van der Waals surface area contributed by atoms with Crippen molar-refractivity contribution < 1.29 is 4.39 Å². The minimum atomic E-state index is -0.263. The molecule has 1 aliphatic rings. The van der Waals surface area contributed by atoms with Gasteiger partial charge in [-0.3, -0.25) is 0 Å². The van der Waals surface area contributed by atoms with Crippen LogP contribution in [0, 0.1) is 11.7 Å². The highest BCUT2D eigenvalue weighted by molar-refractivity contribution is 5.55. The van der Waals surface area contributed by atoms with Crippen LogP contribution in [0.1, 0.15) is 57.6 Å². The first kappa shape index (κ1) is 15.3. The van der Waals surface area contributed by atoms with Crippen LogP contribution >= 0.6 is 0 Å². The van der Waals surface area contributed by atoms with Crippen molar-refractivity contribution in [2.45, 2.75) is 52.0 Å². The lowest BCUT2D eigenvalue weighted by Crippen LogP contribution is -2.27. The summed E-state index contributed by atoms with van der Waals surface area (Å²) in [5.41, 5.74) is 7.63. The van der Waals surface area contributed by atoms with Gasteiger partial charge in [0, 0.05) is 30.4 Å². The molecule has 0 saturated carbocycles. The molecule has 0 radical (unpaired) electrons. The molecule has 3 heteroatoms. The molecule has 0 aromatic heterocycles. The maximum Gasteiger partial charge on any atom is 0.130 e. The molecule has 112 valence electrons. The molecule has 1 saturated heterocycles. The molecule has 2 N–H and O–H groups in total. The van der Waals surface area contributed by atoms with Crippen LogP contribution in [-0.2, 0) is 0 Å². The van der Waals surface area contributed by atoms with E-state index in [1.807, 2.05) is 13.0 Å². The van der Waals surface area contributed by atoms with Crippen LogP contribution in [0.3, 0.4) is 0 Å². The summed E-state index contributed by atoms with van der Waals surface area (Å²) in [7, 11) is 0. The summed E-state index contributed by atoms with van der Waals surface area (Å²) in [5.74, 6) is 0.657. The second-order valence-corrected chi connectivity index (χ2v) is 6.03. The van der Waals surface area contributed by atoms with Crippen LogP contribution in [0.2, 0.25) is 0 Å². The summed E-state index contributed by atoms with van der Waals surface area (Å²) in [6, 6.07) is 5.06. The molecule has 0 spiro atoms. The van der Waals surface area contributed by atoms with E-state index in [2.05, 4.69) is 11.8 Å². The van der Waals surface area contributed by atoms with Gasteiger partial charge in [-0.2, -0.15) is 0 Å². The molecule has 0 bridgehead atoms. The van der Waals surface area contributed by atoms with Crippen molar-refractivity contribution in [3.05, 3.63) is 29.6 Å². The zero-order valence-corrected chi connectivity index (χ0v) is 12.7. The molecular formula is C17H27FN2. The van der Waals surface area contributed by atoms with Crippen molar-refractivity contribution in [1.82, 2.24) is 0 Å². The van der Waals surface area contributed by atoms with Crippen molar-refractivity contribution in [1.29, 1.82) is 0 Å². The lowest BCUT2D eigenvalue weighted by molar-refractivity contribution is 0.435. The number of anilines is 1. The van der Waals surface area contributed by atoms with E-state index in [-0.39, 0.29) is 11.9 Å². The van der Waals surface area contributed by atoms with Crippen LogP contribution in [0.15, 0.2) is 18.2 Å². The smallest absolute Gasteiger partial charge is 0.130 e. The Morgan fingerprint density at radius 1 is 1.35 bits per heavy atom. The van der Waals surface area contributed by atoms with Crippen LogP contribution in [0.4, 0.5) is 10.1 Å². The largest absolute Gasteiger partial charge is 0.371 e. The summed E-state index contributed by atoms with van der Waals surface area (Å²) in [6.45, 7) is 6.15. The van der Waals surface area contributed by atoms with Gasteiger partial charge >= 0.3 is 0 Å². The van der Waals surface area contributed by atoms with Crippen molar-refractivity contribution >= 4 is 5.69 Å². The number of nitrogens with two attached hydrogens (primary N) is 1. The van der Waals surface area contributed by atoms with Crippen LogP contribution in [0.5, 0.6) is 0 Å². The number of hydrogen-bond donors (Lipinski definition) is 1. The molecule has 1 aromatic carbocycles. The molecule has 1 aliphatic heterocycles. The molecule has 2 nitrogen and oxygen atoms in total. The molecular weight excluding hydrogens is 251 g/mol. The van der Waals surface area contributed by atoms with Crippen LogP contribution in [0.25, 0.3) is 0 Å². The SMILES string of the molecule is CCCC1CCCN(c2cccc(F)c2[C@H](C)N)CC1. The van der Waals surface area contributed by atoms with E-state index in [0.29, 0.717) is 5.56 Å². The van der Waals surface area contributed by atoms with Crippen LogP contribution < -0.4 is 10.6 Å². The van der Waals surface area contributed by atoms with Gasteiger partial charge in [0.25, 0.3) is 0 Å². The number of benzene rings is 1. The quantitative estimate of drug-likeness (QED) is 0.892. The van der Waals surface area contributed by atoms with Gasteiger partial charge in [0.15, 0.2) is 0 Å². The molecule has 1 heterocycles. The summed E-state index contributed by atoms with van der Waals surface area (Å²) < 4.78 is 14.0. The summed E-state index contributed by atoms with van der Waals surface area (Å²) in [5, 5.41) is 0. The first-order valence-corrected chi connectivity index (χ1v) is 7.92. The van der Waals surface area contributed by atoms with Gasteiger partial charge in [-0.15, -0.1) is 0 Å². The van der Waals surface area contributed by atoms with Gasteiger partial charge in [0.05, 0.1) is 0 Å². The topological polar surface area (TPSA) is 29.3 Å². The molecule has 1 fully saturated rings. The Kier molecular flexibility index (Phi) is 5.41. The summed E-state index contributed by atoms with van der Waals surface area (Å²) in [4.78, 5) is 2.33. The highest BCUT2D eigenvalue weighted by Gasteiger charge is 2.21. The molecule has 1 unspecified atom stereocenters. The number of halogens is 1. The zero-order chi connectivity index (χ0) is 14.5. The predicted molar refractivity (Wildman–Crippen MR) is 83.5 cm³/mol. The first-order chi connectivity index (χ1) is 9.63. The Balaban J connectivity index is 2.17. The normalized spacial score (nSPS) is 21.6. The number of nitrogens with zero attached hydrogens (tertiary/aromatic N) is 1. The maximum absolute atomic E-state index is 14.0. The third-order valence-electron chi connectivity index (χ3n) is 4.37. The molecule has 0 amide bonds. The second-order valence-electron chi connectivity index (χ2n) is 6.03. The summed E-state index contributed by atoms with van der Waals surface area (Å²) >= 11 is 0. The average molecular weight is 278 g/mol. The number of hydrogen-bond acceptors (Lipinski definition) is 2. The standard InChI is InChI=1S/C17H27FN2/c1-3-6-14-7-5-11-20(12-10-14)16-9-4-8-15(18)17(16)13(2)19/h4,8-9,13-14H,3,5-7,10-12,19H2,1-2H3/t13-,14?/m0/s1. The van der Waals surface area contributed by atoms with Gasteiger partial charge in [0.1, 0.15) is 5.82 Å². The second kappa shape index (κ2) is 7.07. The molecule has 2 rings (SSSR count). The predicted octanol–water partition coefficient (Wildman–Crippen LogP) is 4.25. The van der Waals surface area contributed by atoms with E-state index in [0.717, 1.165) is 24.7 Å². The summed E-state index contributed by atoms with van der Waals surface area (Å²) in [6.07, 6.45) is 6.28. The maximum atomic E-state index is 14.0. The van der Waals surface area contributed by atoms with Crippen molar-refractivity contribution in [3.8, 4) is 0 Å². The van der Waals surface area contributed by atoms with Gasteiger partial charge in [-0.1, -0.05) is 25.8 Å². The minimum Gasteiger partial charge on any atom is -0.371 e. The molecule has 1 aromatic rings. The Labute approximate surface area is 122 Å². The lowest BCUT2D eigenvalue weighted by Gasteiger charge is -2.27. The fourth-order valence-corrected chi connectivity index (χ4v) is 3.36. The monoisotopic (exact) mass is 278 g/mol. The Hall–Kier alpha value is -1.09. The van der Waals surface area contributed by atoms with Gasteiger partial charge < -0.3 is 10.6 Å². The van der Waals surface area contributed by atoms with E-state index in [9.17, 15) is 4.39 Å². The van der Waals surface area contributed by atoms with Gasteiger partial charge in [-0.25, -0.2) is 4.39 Å². The van der Waals surface area contributed by atoms with E-state index in [4.69, 9.17) is 5.73 Å². The Bertz CT molecular complexity index is 431. The van der Waals surface area contributed by atoms with E-state index >= 15 is 0 Å². The Morgan fingerprint density at radius 3 is 2.85 bits per heavy atom. The molecule has 2 atom stereocenters. The van der Waals surface area contributed by atoms with Gasteiger partial charge in [-0.05, 0) is 44.2 Å². The fraction of sp³-hybridized carbons (Fsp3) is 0.647. The highest BCUT2D eigenvalue weighted by atomic mass is 19.1. The van der Waals surface area contributed by atoms with Crippen molar-refractivity contribution in [2.24, 2.45) is 11.7 Å². The highest BCUT2D eigenvalue weighted by Crippen LogP contribution is 2.31. The third-order valence-corrected chi connectivity index (χ3v) is 4.37. The average Bonchev–Trinajstić information content (AvgIpc) is 2.64. The lowest BCUT2D eigenvalue weighted by atomic mass is 9.96. The first-order valence-electron chi connectivity index (χ1n) is 7.92. The van der Waals surface area contributed by atoms with Crippen LogP contribution in [-0.4, -0.2) is 13.1 Å². The van der Waals surface area contributed by atoms with Gasteiger partial charge in [0.2, 0.25) is 0 Å². The van der Waals surface area contributed by atoms with Crippen molar-refractivity contribution in [2.75, 3.05) is 18.0 Å². The molecule has 20 heavy (non-hydrogen) atoms. The van der Waals surface area contributed by atoms with E-state index in [1.54, 1.807) is 6.07 Å². The van der Waals surface area contributed by atoms with E-state index in [1.165, 1.54) is 38.2 Å². The Morgan fingerprint density at radius 2 is 2.15 bits per heavy atom. The van der Waals surface area contributed by atoms with Crippen molar-refractivity contribution in [3.63, 3.8) is 0 Å².